The van der Waals surface area contributed by atoms with Crippen molar-refractivity contribution in [3.05, 3.63) is 27.8 Å². The predicted octanol–water partition coefficient (Wildman–Crippen LogP) is 9.20. The van der Waals surface area contributed by atoms with Crippen molar-refractivity contribution >= 4 is 0 Å². The van der Waals surface area contributed by atoms with E-state index in [1.807, 2.05) is 7.11 Å². The molecule has 0 amide bonds. The summed E-state index contributed by atoms with van der Waals surface area (Å²) in [6, 6.07) is 0. The van der Waals surface area contributed by atoms with Crippen molar-refractivity contribution in [1.29, 1.82) is 0 Å². The highest BCUT2D eigenvalue weighted by Gasteiger charge is 2.15. The van der Waals surface area contributed by atoms with Crippen LogP contribution < -0.4 is 4.74 Å². The van der Waals surface area contributed by atoms with Crippen LogP contribution in [0.25, 0.3) is 0 Å². The van der Waals surface area contributed by atoms with E-state index in [-0.39, 0.29) is 0 Å². The minimum Gasteiger partial charge on any atom is -0.496 e. The SMILES string of the molecule is COc1c(C)c(C)c(C)c(C)c1CCCCCCCCCCCCCCC(C)C. The molecule has 1 heteroatoms. The Morgan fingerprint density at radius 2 is 0.966 bits per heavy atom. The average Bonchev–Trinajstić information content (AvgIpc) is 2.70. The van der Waals surface area contributed by atoms with Crippen LogP contribution in [0.3, 0.4) is 0 Å². The monoisotopic (exact) mass is 402 g/mol. The van der Waals surface area contributed by atoms with Crippen molar-refractivity contribution in [3.63, 3.8) is 0 Å². The van der Waals surface area contributed by atoms with Gasteiger partial charge in [0.2, 0.25) is 0 Å². The fourth-order valence-electron chi connectivity index (χ4n) is 4.56. The first kappa shape index (κ1) is 26.1. The van der Waals surface area contributed by atoms with Gasteiger partial charge in [-0.2, -0.15) is 0 Å². The lowest BCUT2D eigenvalue weighted by Crippen LogP contribution is -2.03. The minimum atomic E-state index is 0.881. The third-order valence-electron chi connectivity index (χ3n) is 6.92. The van der Waals surface area contributed by atoms with E-state index in [4.69, 9.17) is 4.74 Å². The zero-order chi connectivity index (χ0) is 21.6. The Morgan fingerprint density at radius 3 is 1.41 bits per heavy atom. The summed E-state index contributed by atoms with van der Waals surface area (Å²) in [7, 11) is 1.83. The van der Waals surface area contributed by atoms with Crippen LogP contribution in [0.4, 0.5) is 0 Å². The van der Waals surface area contributed by atoms with E-state index in [0.29, 0.717) is 0 Å². The minimum absolute atomic E-state index is 0.881. The molecule has 0 heterocycles. The number of methoxy groups -OCH3 is 1. The Balaban J connectivity index is 2.10. The summed E-state index contributed by atoms with van der Waals surface area (Å²) in [5.74, 6) is 2.01. The highest BCUT2D eigenvalue weighted by molar-refractivity contribution is 5.54. The number of ether oxygens (including phenoxy) is 1. The molecule has 0 saturated carbocycles. The van der Waals surface area contributed by atoms with E-state index in [1.165, 1.54) is 111 Å². The lowest BCUT2D eigenvalue weighted by molar-refractivity contribution is 0.404. The summed E-state index contributed by atoms with van der Waals surface area (Å²) >= 11 is 0. The highest BCUT2D eigenvalue weighted by atomic mass is 16.5. The van der Waals surface area contributed by atoms with Gasteiger partial charge >= 0.3 is 0 Å². The summed E-state index contributed by atoms with van der Waals surface area (Å²) in [6.07, 6.45) is 19.6. The summed E-state index contributed by atoms with van der Waals surface area (Å²) in [4.78, 5) is 0. The maximum Gasteiger partial charge on any atom is 0.125 e. The summed E-state index contributed by atoms with van der Waals surface area (Å²) in [6.45, 7) is 13.6. The topological polar surface area (TPSA) is 9.23 Å². The molecular formula is C28H50O. The number of benzene rings is 1. The first-order valence-corrected chi connectivity index (χ1v) is 12.5. The molecule has 0 bridgehead atoms. The van der Waals surface area contributed by atoms with Gasteiger partial charge in [0.25, 0.3) is 0 Å². The molecular weight excluding hydrogens is 352 g/mol. The molecule has 0 aliphatic carbocycles. The van der Waals surface area contributed by atoms with Gasteiger partial charge in [0.15, 0.2) is 0 Å². The van der Waals surface area contributed by atoms with E-state index in [9.17, 15) is 0 Å². The van der Waals surface area contributed by atoms with Crippen LogP contribution in [0.5, 0.6) is 5.75 Å². The first-order valence-electron chi connectivity index (χ1n) is 12.5. The Labute approximate surface area is 183 Å². The second-order valence-corrected chi connectivity index (χ2v) is 9.69. The molecule has 0 atom stereocenters. The summed E-state index contributed by atoms with van der Waals surface area (Å²) in [5.41, 5.74) is 7.04. The van der Waals surface area contributed by atoms with Gasteiger partial charge in [-0.05, 0) is 74.3 Å². The molecule has 29 heavy (non-hydrogen) atoms. The van der Waals surface area contributed by atoms with Crippen LogP contribution in [0.15, 0.2) is 0 Å². The Kier molecular flexibility index (Phi) is 13.4. The fraction of sp³-hybridized carbons (Fsp3) is 0.786. The van der Waals surface area contributed by atoms with E-state index in [1.54, 1.807) is 0 Å². The van der Waals surface area contributed by atoms with Crippen molar-refractivity contribution in [1.82, 2.24) is 0 Å². The molecule has 1 rings (SSSR count). The van der Waals surface area contributed by atoms with Crippen LogP contribution in [0.1, 0.15) is 125 Å². The molecule has 1 nitrogen and oxygen atoms in total. The Morgan fingerprint density at radius 1 is 0.552 bits per heavy atom. The molecule has 0 aliphatic rings. The summed E-state index contributed by atoms with van der Waals surface area (Å²) < 4.78 is 5.77. The van der Waals surface area contributed by atoms with E-state index in [2.05, 4.69) is 41.5 Å². The zero-order valence-corrected chi connectivity index (χ0v) is 20.9. The quantitative estimate of drug-likeness (QED) is 0.250. The number of rotatable bonds is 16. The third kappa shape index (κ3) is 9.58. The standard InChI is InChI=1S/C28H50O/c1-22(2)20-18-16-14-12-10-8-9-11-13-15-17-19-21-27-25(5)23(3)24(4)26(6)28(27)29-7/h22H,8-21H2,1-7H3. The second kappa shape index (κ2) is 14.9. The van der Waals surface area contributed by atoms with Crippen LogP contribution in [-0.2, 0) is 6.42 Å². The molecule has 0 fully saturated rings. The average molecular weight is 403 g/mol. The molecule has 0 aromatic heterocycles. The van der Waals surface area contributed by atoms with Crippen molar-refractivity contribution in [2.45, 2.75) is 131 Å². The molecule has 1 aromatic rings. The van der Waals surface area contributed by atoms with Gasteiger partial charge in [-0.3, -0.25) is 0 Å². The molecule has 1 aromatic carbocycles. The molecule has 0 unspecified atom stereocenters. The zero-order valence-electron chi connectivity index (χ0n) is 20.9. The van der Waals surface area contributed by atoms with Gasteiger partial charge < -0.3 is 4.74 Å². The largest absolute Gasteiger partial charge is 0.496 e. The van der Waals surface area contributed by atoms with Gasteiger partial charge in [0.1, 0.15) is 5.75 Å². The maximum absolute atomic E-state index is 5.77. The maximum atomic E-state index is 5.77. The van der Waals surface area contributed by atoms with Gasteiger partial charge in [0.05, 0.1) is 7.11 Å². The third-order valence-corrected chi connectivity index (χ3v) is 6.92. The van der Waals surface area contributed by atoms with Gasteiger partial charge in [-0.25, -0.2) is 0 Å². The van der Waals surface area contributed by atoms with Crippen LogP contribution in [0, 0.1) is 33.6 Å². The number of hydrogen-bond acceptors (Lipinski definition) is 1. The molecule has 0 N–H and O–H groups in total. The molecule has 0 saturated heterocycles. The molecule has 0 spiro atoms. The normalized spacial score (nSPS) is 11.4. The molecule has 0 radical (unpaired) electrons. The van der Waals surface area contributed by atoms with E-state index < -0.39 is 0 Å². The van der Waals surface area contributed by atoms with Crippen molar-refractivity contribution < 1.29 is 4.74 Å². The van der Waals surface area contributed by atoms with Gasteiger partial charge in [-0.1, -0.05) is 90.9 Å². The Bertz CT molecular complexity index is 570. The number of unbranched alkanes of at least 4 members (excludes halogenated alkanes) is 11. The highest BCUT2D eigenvalue weighted by Crippen LogP contribution is 2.33. The van der Waals surface area contributed by atoms with E-state index >= 15 is 0 Å². The predicted molar refractivity (Wildman–Crippen MR) is 131 cm³/mol. The van der Waals surface area contributed by atoms with Crippen LogP contribution >= 0.6 is 0 Å². The van der Waals surface area contributed by atoms with Gasteiger partial charge in [0, 0.05) is 0 Å². The van der Waals surface area contributed by atoms with Crippen molar-refractivity contribution in [2.24, 2.45) is 5.92 Å². The molecule has 168 valence electrons. The molecule has 0 aliphatic heterocycles. The lowest BCUT2D eigenvalue weighted by atomic mass is 9.90. The smallest absolute Gasteiger partial charge is 0.125 e. The van der Waals surface area contributed by atoms with Crippen molar-refractivity contribution in [2.75, 3.05) is 7.11 Å². The lowest BCUT2D eigenvalue weighted by Gasteiger charge is -2.19. The second-order valence-electron chi connectivity index (χ2n) is 9.69. The van der Waals surface area contributed by atoms with Crippen molar-refractivity contribution in [3.8, 4) is 5.75 Å². The van der Waals surface area contributed by atoms with Crippen LogP contribution in [0.2, 0.25) is 0 Å². The Hall–Kier alpha value is -0.980. The number of hydrogen-bond donors (Lipinski definition) is 0. The van der Waals surface area contributed by atoms with Gasteiger partial charge in [-0.15, -0.1) is 0 Å². The fourth-order valence-corrected chi connectivity index (χ4v) is 4.56. The first-order chi connectivity index (χ1) is 13.9. The van der Waals surface area contributed by atoms with E-state index in [0.717, 1.165) is 18.1 Å². The summed E-state index contributed by atoms with van der Waals surface area (Å²) in [5, 5.41) is 0. The van der Waals surface area contributed by atoms with Crippen LogP contribution in [-0.4, -0.2) is 7.11 Å².